The number of rotatable bonds is 0. The standard InChI is InChI=1S/C7H8O2/c8-5-1-4-2-7(9)6(4)3-5/h4,6H,1-3H2. The second-order valence-electron chi connectivity index (χ2n) is 2.98. The number of carbonyl (C=O) groups excluding carboxylic acids is 2. The van der Waals surface area contributed by atoms with Gasteiger partial charge in [0.05, 0.1) is 0 Å². The Labute approximate surface area is 53.2 Å². The van der Waals surface area contributed by atoms with E-state index >= 15 is 0 Å². The first-order valence-corrected chi connectivity index (χ1v) is 3.32. The van der Waals surface area contributed by atoms with Gasteiger partial charge in [-0.15, -0.1) is 0 Å². The van der Waals surface area contributed by atoms with Gasteiger partial charge in [0, 0.05) is 25.2 Å². The van der Waals surface area contributed by atoms with Gasteiger partial charge in [-0.25, -0.2) is 0 Å². The van der Waals surface area contributed by atoms with Crippen molar-refractivity contribution in [3.63, 3.8) is 0 Å². The van der Waals surface area contributed by atoms with E-state index < -0.39 is 0 Å². The van der Waals surface area contributed by atoms with Gasteiger partial charge in [-0.05, 0) is 5.92 Å². The van der Waals surface area contributed by atoms with Crippen LogP contribution in [0, 0.1) is 11.8 Å². The summed E-state index contributed by atoms with van der Waals surface area (Å²) < 4.78 is 0. The SMILES string of the molecule is O=C1CC2CC(=O)C2C1. The third-order valence-corrected chi connectivity index (χ3v) is 2.38. The number of hydrogen-bond donors (Lipinski definition) is 0. The van der Waals surface area contributed by atoms with Gasteiger partial charge in [0.25, 0.3) is 0 Å². The van der Waals surface area contributed by atoms with Crippen LogP contribution in [0.3, 0.4) is 0 Å². The Morgan fingerprint density at radius 2 is 1.89 bits per heavy atom. The highest BCUT2D eigenvalue weighted by molar-refractivity contribution is 5.97. The fourth-order valence-electron chi connectivity index (χ4n) is 1.77. The molecule has 0 aromatic carbocycles. The molecule has 2 atom stereocenters. The molecule has 2 aliphatic rings. The molecule has 2 rings (SSSR count). The molecule has 2 saturated carbocycles. The van der Waals surface area contributed by atoms with Gasteiger partial charge in [0.2, 0.25) is 0 Å². The van der Waals surface area contributed by atoms with Crippen LogP contribution in [-0.4, -0.2) is 11.6 Å². The molecule has 0 saturated heterocycles. The third kappa shape index (κ3) is 0.560. The van der Waals surface area contributed by atoms with Crippen LogP contribution in [0.25, 0.3) is 0 Å². The molecule has 0 N–H and O–H groups in total. The van der Waals surface area contributed by atoms with E-state index in [1.807, 2.05) is 0 Å². The Morgan fingerprint density at radius 1 is 1.11 bits per heavy atom. The van der Waals surface area contributed by atoms with Crippen LogP contribution >= 0.6 is 0 Å². The molecule has 0 aliphatic heterocycles. The van der Waals surface area contributed by atoms with E-state index in [4.69, 9.17) is 0 Å². The summed E-state index contributed by atoms with van der Waals surface area (Å²) in [5, 5.41) is 0. The first-order valence-electron chi connectivity index (χ1n) is 3.32. The molecule has 2 heteroatoms. The van der Waals surface area contributed by atoms with E-state index in [9.17, 15) is 9.59 Å². The second-order valence-corrected chi connectivity index (χ2v) is 2.98. The summed E-state index contributed by atoms with van der Waals surface area (Å²) in [6.45, 7) is 0. The van der Waals surface area contributed by atoms with Gasteiger partial charge in [0.15, 0.2) is 0 Å². The largest absolute Gasteiger partial charge is 0.300 e. The molecule has 0 amide bonds. The normalized spacial score (nSPS) is 40.4. The maximum atomic E-state index is 10.7. The van der Waals surface area contributed by atoms with Crippen molar-refractivity contribution >= 4 is 11.6 Å². The van der Waals surface area contributed by atoms with Crippen molar-refractivity contribution in [2.24, 2.45) is 11.8 Å². The summed E-state index contributed by atoms with van der Waals surface area (Å²) in [4.78, 5) is 21.4. The van der Waals surface area contributed by atoms with E-state index in [2.05, 4.69) is 0 Å². The number of Topliss-reactive ketones (excluding diaryl/α,β-unsaturated/α-hetero) is 2. The fraction of sp³-hybridized carbons (Fsp3) is 0.714. The van der Waals surface area contributed by atoms with Gasteiger partial charge < -0.3 is 0 Å². The summed E-state index contributed by atoms with van der Waals surface area (Å²) >= 11 is 0. The average molecular weight is 124 g/mol. The highest BCUT2D eigenvalue weighted by Gasteiger charge is 2.46. The van der Waals surface area contributed by atoms with Crippen molar-refractivity contribution < 1.29 is 9.59 Å². The van der Waals surface area contributed by atoms with Crippen LogP contribution in [0.15, 0.2) is 0 Å². The number of fused-ring (bicyclic) bond motifs is 1. The van der Waals surface area contributed by atoms with Crippen LogP contribution < -0.4 is 0 Å². The minimum atomic E-state index is 0.150. The van der Waals surface area contributed by atoms with Gasteiger partial charge in [-0.1, -0.05) is 0 Å². The van der Waals surface area contributed by atoms with Crippen LogP contribution in [0.2, 0.25) is 0 Å². The summed E-state index contributed by atoms with van der Waals surface area (Å²) in [5.41, 5.74) is 0. The molecule has 2 aliphatic carbocycles. The van der Waals surface area contributed by atoms with E-state index in [0.717, 1.165) is 0 Å². The zero-order chi connectivity index (χ0) is 6.43. The number of ketones is 2. The Morgan fingerprint density at radius 3 is 2.33 bits per heavy atom. The summed E-state index contributed by atoms with van der Waals surface area (Å²) in [6.07, 6.45) is 1.90. The topological polar surface area (TPSA) is 34.1 Å². The van der Waals surface area contributed by atoms with E-state index in [1.54, 1.807) is 0 Å². The first kappa shape index (κ1) is 5.15. The highest BCUT2D eigenvalue weighted by Crippen LogP contribution is 2.41. The second kappa shape index (κ2) is 1.43. The van der Waals surface area contributed by atoms with Crippen molar-refractivity contribution in [1.82, 2.24) is 0 Å². The highest BCUT2D eigenvalue weighted by atomic mass is 16.1. The van der Waals surface area contributed by atoms with Gasteiger partial charge in [0.1, 0.15) is 11.6 Å². The van der Waals surface area contributed by atoms with E-state index in [0.29, 0.717) is 31.0 Å². The maximum Gasteiger partial charge on any atom is 0.137 e. The lowest BCUT2D eigenvalue weighted by atomic mass is 9.75. The molecule has 2 fully saturated rings. The molecule has 2 nitrogen and oxygen atoms in total. The number of carbonyl (C=O) groups is 2. The van der Waals surface area contributed by atoms with Crippen LogP contribution in [0.5, 0.6) is 0 Å². The molecular weight excluding hydrogens is 116 g/mol. The quantitative estimate of drug-likeness (QED) is 0.472. The lowest BCUT2D eigenvalue weighted by Crippen LogP contribution is -2.32. The Hall–Kier alpha value is -0.660. The molecule has 0 aromatic heterocycles. The molecule has 0 radical (unpaired) electrons. The van der Waals surface area contributed by atoms with Crippen LogP contribution in [0.4, 0.5) is 0 Å². The predicted octanol–water partition coefficient (Wildman–Crippen LogP) is 0.554. The third-order valence-electron chi connectivity index (χ3n) is 2.38. The molecule has 0 heterocycles. The van der Waals surface area contributed by atoms with Crippen molar-refractivity contribution in [2.45, 2.75) is 19.3 Å². The molecule has 9 heavy (non-hydrogen) atoms. The lowest BCUT2D eigenvalue weighted by molar-refractivity contribution is -0.132. The zero-order valence-corrected chi connectivity index (χ0v) is 5.09. The zero-order valence-electron chi connectivity index (χ0n) is 5.09. The Bertz CT molecular complexity index is 181. The van der Waals surface area contributed by atoms with Gasteiger partial charge >= 0.3 is 0 Å². The Kier molecular flexibility index (Phi) is 0.821. The molecular formula is C7H8O2. The molecule has 0 aromatic rings. The summed E-state index contributed by atoms with van der Waals surface area (Å²) in [6, 6.07) is 0. The van der Waals surface area contributed by atoms with Crippen molar-refractivity contribution in [1.29, 1.82) is 0 Å². The summed E-state index contributed by atoms with van der Waals surface area (Å²) in [5.74, 6) is 1.20. The number of hydrogen-bond acceptors (Lipinski definition) is 2. The van der Waals surface area contributed by atoms with Gasteiger partial charge in [-0.2, -0.15) is 0 Å². The minimum absolute atomic E-state index is 0.150. The minimum Gasteiger partial charge on any atom is -0.300 e. The molecule has 2 unspecified atom stereocenters. The maximum absolute atomic E-state index is 10.7. The predicted molar refractivity (Wildman–Crippen MR) is 30.8 cm³/mol. The van der Waals surface area contributed by atoms with Crippen molar-refractivity contribution in [3.8, 4) is 0 Å². The molecule has 0 bridgehead atoms. The van der Waals surface area contributed by atoms with E-state index in [-0.39, 0.29) is 11.7 Å². The lowest BCUT2D eigenvalue weighted by Gasteiger charge is -2.26. The van der Waals surface area contributed by atoms with Crippen LogP contribution in [0.1, 0.15) is 19.3 Å². The first-order chi connectivity index (χ1) is 4.27. The molecule has 48 valence electrons. The van der Waals surface area contributed by atoms with Gasteiger partial charge in [-0.3, -0.25) is 9.59 Å². The van der Waals surface area contributed by atoms with E-state index in [1.165, 1.54) is 0 Å². The molecule has 0 spiro atoms. The van der Waals surface area contributed by atoms with Crippen LogP contribution in [-0.2, 0) is 9.59 Å². The summed E-state index contributed by atoms with van der Waals surface area (Å²) in [7, 11) is 0. The fourth-order valence-corrected chi connectivity index (χ4v) is 1.77. The monoisotopic (exact) mass is 124 g/mol. The van der Waals surface area contributed by atoms with Crippen molar-refractivity contribution in [3.05, 3.63) is 0 Å². The van der Waals surface area contributed by atoms with Crippen molar-refractivity contribution in [2.75, 3.05) is 0 Å². The Balaban J connectivity index is 2.16. The average Bonchev–Trinajstić information content (AvgIpc) is 2.08. The smallest absolute Gasteiger partial charge is 0.137 e.